The van der Waals surface area contributed by atoms with Crippen molar-refractivity contribution in [2.24, 2.45) is 0 Å². The van der Waals surface area contributed by atoms with Gasteiger partial charge in [-0.2, -0.15) is 0 Å². The van der Waals surface area contributed by atoms with Gasteiger partial charge in [0, 0.05) is 12.5 Å². The molecule has 0 saturated heterocycles. The van der Waals surface area contributed by atoms with E-state index >= 15 is 0 Å². The average Bonchev–Trinajstić information content (AvgIpc) is 2.13. The Morgan fingerprint density at radius 2 is 2.15 bits per heavy atom. The predicted octanol–water partition coefficient (Wildman–Crippen LogP) is 3.01. The van der Waals surface area contributed by atoms with Crippen LogP contribution in [0.25, 0.3) is 0 Å². The monoisotopic (exact) mass is 181 g/mol. The number of rotatable bonds is 5. The van der Waals surface area contributed by atoms with E-state index in [0.29, 0.717) is 17.8 Å². The summed E-state index contributed by atoms with van der Waals surface area (Å²) in [5.41, 5.74) is 0.518. The first kappa shape index (κ1) is 11.9. The van der Waals surface area contributed by atoms with Gasteiger partial charge in [-0.25, -0.2) is 4.79 Å². The van der Waals surface area contributed by atoms with Gasteiger partial charge in [0.2, 0.25) is 0 Å². The smallest absolute Gasteiger partial charge is 0.338 e. The van der Waals surface area contributed by atoms with Gasteiger partial charge in [-0.05, 0) is 25.8 Å². The van der Waals surface area contributed by atoms with E-state index in [9.17, 15) is 4.79 Å². The third kappa shape index (κ3) is 5.23. The van der Waals surface area contributed by atoms with Crippen molar-refractivity contribution < 1.29 is 9.53 Å². The molecule has 0 aliphatic carbocycles. The Kier molecular flexibility index (Phi) is 5.94. The number of carbonyl (C=O) groups excluding carboxylic acids is 1. The summed E-state index contributed by atoms with van der Waals surface area (Å²) in [6, 6.07) is 0. The second-order valence-electron chi connectivity index (χ2n) is 2.85. The maximum Gasteiger partial charge on any atom is 0.338 e. The summed E-state index contributed by atoms with van der Waals surface area (Å²) in [6.45, 7) is 11.0. The van der Waals surface area contributed by atoms with Crippen LogP contribution in [0.4, 0.5) is 0 Å². The quantitative estimate of drug-likeness (QED) is 0.370. The normalized spacial score (nSPS) is 11.2. The average molecular weight is 181 g/mol. The summed E-state index contributed by atoms with van der Waals surface area (Å²) in [7, 11) is 0. The Hall–Kier alpha value is -1.05. The van der Waals surface area contributed by atoms with Crippen molar-refractivity contribution in [2.75, 3.05) is 0 Å². The van der Waals surface area contributed by atoms with Crippen LogP contribution in [0.1, 0.15) is 33.1 Å². The predicted molar refractivity (Wildman–Crippen MR) is 53.9 cm³/mol. The van der Waals surface area contributed by atoms with E-state index in [2.05, 4.69) is 20.4 Å². The van der Waals surface area contributed by atoms with Crippen LogP contribution in [0.3, 0.4) is 0 Å². The van der Waals surface area contributed by atoms with Crippen LogP contribution in [-0.4, -0.2) is 5.97 Å². The Morgan fingerprint density at radius 3 is 2.62 bits per heavy atom. The number of hydrogen-bond donors (Lipinski definition) is 0. The lowest BCUT2D eigenvalue weighted by Gasteiger charge is -2.05. The van der Waals surface area contributed by atoms with Crippen molar-refractivity contribution in [1.29, 1.82) is 0 Å². The molecule has 0 aliphatic heterocycles. The molecular weight excluding hydrogens is 164 g/mol. The highest BCUT2D eigenvalue weighted by atomic mass is 16.5. The highest BCUT2D eigenvalue weighted by Gasteiger charge is 2.07. The molecule has 2 heteroatoms. The molecule has 0 atom stereocenters. The van der Waals surface area contributed by atoms with E-state index in [1.165, 1.54) is 0 Å². The van der Waals surface area contributed by atoms with Gasteiger partial charge in [0.05, 0.1) is 0 Å². The molecule has 0 aromatic rings. The lowest BCUT2D eigenvalue weighted by Crippen LogP contribution is -2.05. The minimum Gasteiger partial charge on any atom is -0.428 e. The minimum absolute atomic E-state index is 0.364. The van der Waals surface area contributed by atoms with Crippen molar-refractivity contribution in [3.8, 4) is 0 Å². The van der Waals surface area contributed by atoms with Crippen molar-refractivity contribution in [3.63, 3.8) is 0 Å². The molecule has 0 aromatic heterocycles. The number of esters is 1. The van der Waals surface area contributed by atoms with Crippen LogP contribution in [0.15, 0.2) is 24.0 Å². The van der Waals surface area contributed by atoms with Crippen LogP contribution >= 0.6 is 0 Å². The molecule has 0 rings (SSSR count). The standard InChI is InChI=1S/C11H17O2/c1-5-7-8-9(3)11(12)13-10(4)6-2/h6H,3-5,7-8H2,1-2H3. The molecule has 0 bridgehead atoms. The van der Waals surface area contributed by atoms with E-state index in [4.69, 9.17) is 4.74 Å². The molecule has 0 saturated carbocycles. The Balaban J connectivity index is 3.90. The summed E-state index contributed by atoms with van der Waals surface area (Å²) in [6.07, 6.45) is 4.36. The first-order valence-corrected chi connectivity index (χ1v) is 4.50. The highest BCUT2D eigenvalue weighted by molar-refractivity contribution is 5.88. The maximum absolute atomic E-state index is 11.2. The van der Waals surface area contributed by atoms with Crippen molar-refractivity contribution in [3.05, 3.63) is 30.9 Å². The Morgan fingerprint density at radius 1 is 1.54 bits per heavy atom. The summed E-state index contributed by atoms with van der Waals surface area (Å²) >= 11 is 0. The van der Waals surface area contributed by atoms with Crippen LogP contribution in [0, 0.1) is 6.92 Å². The van der Waals surface area contributed by atoms with Gasteiger partial charge in [-0.3, -0.25) is 0 Å². The summed E-state index contributed by atoms with van der Waals surface area (Å²) < 4.78 is 4.87. The van der Waals surface area contributed by atoms with Crippen molar-refractivity contribution in [1.82, 2.24) is 0 Å². The van der Waals surface area contributed by atoms with E-state index < -0.39 is 0 Å². The number of carbonyl (C=O) groups is 1. The molecule has 73 valence electrons. The van der Waals surface area contributed by atoms with Gasteiger partial charge in [-0.1, -0.05) is 19.9 Å². The fourth-order valence-electron chi connectivity index (χ4n) is 0.742. The van der Waals surface area contributed by atoms with Gasteiger partial charge in [0.1, 0.15) is 5.76 Å². The molecule has 0 heterocycles. The minimum atomic E-state index is -0.364. The third-order valence-corrected chi connectivity index (χ3v) is 1.67. The van der Waals surface area contributed by atoms with Gasteiger partial charge >= 0.3 is 5.97 Å². The molecule has 0 spiro atoms. The van der Waals surface area contributed by atoms with E-state index in [1.54, 1.807) is 13.0 Å². The number of ether oxygens (including phenoxy) is 1. The van der Waals surface area contributed by atoms with E-state index in [0.717, 1.165) is 12.8 Å². The Labute approximate surface area is 80.3 Å². The third-order valence-electron chi connectivity index (χ3n) is 1.67. The van der Waals surface area contributed by atoms with Gasteiger partial charge in [0.25, 0.3) is 0 Å². The van der Waals surface area contributed by atoms with Crippen LogP contribution in [0.2, 0.25) is 0 Å². The molecule has 0 N–H and O–H groups in total. The van der Waals surface area contributed by atoms with Gasteiger partial charge in [-0.15, -0.1) is 0 Å². The molecule has 0 aliphatic rings. The summed E-state index contributed by atoms with van der Waals surface area (Å²) in [5, 5.41) is 0. The highest BCUT2D eigenvalue weighted by Crippen LogP contribution is 2.08. The van der Waals surface area contributed by atoms with Gasteiger partial charge < -0.3 is 4.74 Å². The first-order chi connectivity index (χ1) is 6.11. The summed E-state index contributed by atoms with van der Waals surface area (Å²) in [4.78, 5) is 11.2. The zero-order valence-corrected chi connectivity index (χ0v) is 8.43. The largest absolute Gasteiger partial charge is 0.428 e. The van der Waals surface area contributed by atoms with Crippen LogP contribution in [0.5, 0.6) is 0 Å². The molecule has 0 aromatic carbocycles. The zero-order valence-electron chi connectivity index (χ0n) is 8.43. The van der Waals surface area contributed by atoms with E-state index in [1.807, 2.05) is 0 Å². The van der Waals surface area contributed by atoms with E-state index in [-0.39, 0.29) is 5.97 Å². The molecule has 13 heavy (non-hydrogen) atoms. The van der Waals surface area contributed by atoms with Crippen molar-refractivity contribution in [2.45, 2.75) is 33.1 Å². The molecule has 1 radical (unpaired) electrons. The van der Waals surface area contributed by atoms with Crippen LogP contribution < -0.4 is 0 Å². The number of allylic oxidation sites excluding steroid dienone is 2. The fraction of sp³-hybridized carbons (Fsp3) is 0.455. The zero-order chi connectivity index (χ0) is 10.3. The summed E-state index contributed by atoms with van der Waals surface area (Å²) in [5.74, 6) is 0.0131. The topological polar surface area (TPSA) is 26.3 Å². The van der Waals surface area contributed by atoms with Crippen molar-refractivity contribution >= 4 is 5.97 Å². The maximum atomic E-state index is 11.2. The second-order valence-corrected chi connectivity index (χ2v) is 2.85. The SMILES string of the molecule is [CH2]C(=CC)OC(=O)C(=C)CCCC. The first-order valence-electron chi connectivity index (χ1n) is 4.50. The fourth-order valence-corrected chi connectivity index (χ4v) is 0.742. The molecular formula is C11H17O2. The number of unbranched alkanes of at least 4 members (excludes halogenated alkanes) is 1. The lowest BCUT2D eigenvalue weighted by molar-refractivity contribution is -0.134. The molecule has 0 unspecified atom stereocenters. The molecule has 0 fully saturated rings. The molecule has 2 nitrogen and oxygen atoms in total. The lowest BCUT2D eigenvalue weighted by atomic mass is 10.1. The van der Waals surface area contributed by atoms with Gasteiger partial charge in [0.15, 0.2) is 0 Å². The second kappa shape index (κ2) is 6.46. The Bertz CT molecular complexity index is 214. The number of hydrogen-bond acceptors (Lipinski definition) is 2. The van der Waals surface area contributed by atoms with Crippen LogP contribution in [-0.2, 0) is 9.53 Å². The molecule has 0 amide bonds.